The Morgan fingerprint density at radius 2 is 1.89 bits per heavy atom. The van der Waals surface area contributed by atoms with Crippen LogP contribution < -0.4 is 0 Å². The molecule has 3 rings (SSSR count). The van der Waals surface area contributed by atoms with Gasteiger partial charge in [0.2, 0.25) is 0 Å². The van der Waals surface area contributed by atoms with Crippen LogP contribution in [0.25, 0.3) is 11.4 Å². The molecular formula is C13H16N4O. The molecule has 18 heavy (non-hydrogen) atoms. The highest BCUT2D eigenvalue weighted by Gasteiger charge is 2.28. The number of hydrogen-bond acceptors (Lipinski definition) is 4. The van der Waals surface area contributed by atoms with Crippen molar-refractivity contribution in [1.82, 2.24) is 20.2 Å². The van der Waals surface area contributed by atoms with E-state index in [1.54, 1.807) is 4.68 Å². The molecule has 0 spiro atoms. The first-order valence-corrected chi connectivity index (χ1v) is 6.37. The zero-order valence-corrected chi connectivity index (χ0v) is 10.1. The van der Waals surface area contributed by atoms with Gasteiger partial charge < -0.3 is 5.11 Å². The summed E-state index contributed by atoms with van der Waals surface area (Å²) in [6, 6.07) is 9.86. The Morgan fingerprint density at radius 1 is 1.11 bits per heavy atom. The third kappa shape index (κ3) is 2.01. The van der Waals surface area contributed by atoms with Crippen molar-refractivity contribution in [3.8, 4) is 11.4 Å². The number of tetrazole rings is 1. The van der Waals surface area contributed by atoms with Gasteiger partial charge in [-0.3, -0.25) is 0 Å². The molecule has 1 saturated carbocycles. The minimum absolute atomic E-state index is 0.00366. The van der Waals surface area contributed by atoms with Crippen LogP contribution in [-0.4, -0.2) is 31.4 Å². The molecule has 5 heteroatoms. The van der Waals surface area contributed by atoms with Gasteiger partial charge in [-0.1, -0.05) is 43.2 Å². The second-order valence-corrected chi connectivity index (χ2v) is 4.73. The average Bonchev–Trinajstić information content (AvgIpc) is 2.89. The number of aliphatic hydroxyl groups excluding tert-OH is 1. The van der Waals surface area contributed by atoms with Gasteiger partial charge in [-0.2, -0.15) is 0 Å². The van der Waals surface area contributed by atoms with Crippen molar-refractivity contribution in [1.29, 1.82) is 0 Å². The highest BCUT2D eigenvalue weighted by molar-refractivity contribution is 5.54. The Bertz CT molecular complexity index is 511. The maximum atomic E-state index is 10.1. The van der Waals surface area contributed by atoms with E-state index in [0.717, 1.165) is 37.1 Å². The van der Waals surface area contributed by atoms with Crippen molar-refractivity contribution in [3.63, 3.8) is 0 Å². The molecule has 0 saturated heterocycles. The molecule has 0 aliphatic heterocycles. The molecule has 2 aromatic rings. The fraction of sp³-hybridized carbons (Fsp3) is 0.462. The van der Waals surface area contributed by atoms with E-state index < -0.39 is 0 Å². The molecule has 2 atom stereocenters. The van der Waals surface area contributed by atoms with Crippen LogP contribution >= 0.6 is 0 Å². The Hall–Kier alpha value is -1.75. The predicted octanol–water partition coefficient (Wildman–Crippen LogP) is 1.82. The summed E-state index contributed by atoms with van der Waals surface area (Å²) in [5.41, 5.74) is 0.986. The number of hydrogen-bond donors (Lipinski definition) is 1. The maximum absolute atomic E-state index is 10.1. The highest BCUT2D eigenvalue weighted by atomic mass is 16.3. The molecule has 1 aromatic heterocycles. The first kappa shape index (κ1) is 11.3. The first-order valence-electron chi connectivity index (χ1n) is 6.37. The first-order chi connectivity index (χ1) is 8.86. The lowest BCUT2D eigenvalue weighted by atomic mass is 9.92. The monoisotopic (exact) mass is 244 g/mol. The van der Waals surface area contributed by atoms with Gasteiger partial charge in [-0.25, -0.2) is 4.68 Å². The van der Waals surface area contributed by atoms with E-state index in [1.807, 2.05) is 30.3 Å². The van der Waals surface area contributed by atoms with E-state index in [2.05, 4.69) is 15.5 Å². The lowest BCUT2D eigenvalue weighted by Gasteiger charge is -2.27. The largest absolute Gasteiger partial charge is 0.391 e. The van der Waals surface area contributed by atoms with Crippen LogP contribution in [0.4, 0.5) is 0 Å². The normalized spacial score (nSPS) is 24.1. The summed E-state index contributed by atoms with van der Waals surface area (Å²) in [5, 5.41) is 22.0. The van der Waals surface area contributed by atoms with E-state index in [0.29, 0.717) is 0 Å². The number of aliphatic hydroxyl groups is 1. The molecule has 1 fully saturated rings. The van der Waals surface area contributed by atoms with Crippen LogP contribution in [0.15, 0.2) is 30.3 Å². The van der Waals surface area contributed by atoms with Crippen molar-refractivity contribution >= 4 is 0 Å². The fourth-order valence-electron chi connectivity index (χ4n) is 2.57. The smallest absolute Gasteiger partial charge is 0.182 e. The molecule has 0 radical (unpaired) electrons. The van der Waals surface area contributed by atoms with Crippen LogP contribution in [0.1, 0.15) is 31.7 Å². The zero-order valence-electron chi connectivity index (χ0n) is 10.1. The van der Waals surface area contributed by atoms with Gasteiger partial charge >= 0.3 is 0 Å². The summed E-state index contributed by atoms with van der Waals surface area (Å²) in [6.07, 6.45) is 3.63. The van der Waals surface area contributed by atoms with Gasteiger partial charge in [0.15, 0.2) is 5.82 Å². The predicted molar refractivity (Wildman–Crippen MR) is 66.8 cm³/mol. The Labute approximate surface area is 105 Å². The maximum Gasteiger partial charge on any atom is 0.182 e. The second kappa shape index (κ2) is 4.86. The van der Waals surface area contributed by atoms with Crippen molar-refractivity contribution in [3.05, 3.63) is 30.3 Å². The Kier molecular flexibility index (Phi) is 3.06. The quantitative estimate of drug-likeness (QED) is 0.875. The average molecular weight is 244 g/mol. The summed E-state index contributed by atoms with van der Waals surface area (Å²) in [5.74, 6) is 0.738. The third-order valence-corrected chi connectivity index (χ3v) is 3.53. The summed E-state index contributed by atoms with van der Waals surface area (Å²) < 4.78 is 1.78. The van der Waals surface area contributed by atoms with Crippen LogP contribution in [0.3, 0.4) is 0 Å². The molecular weight excluding hydrogens is 228 g/mol. The Morgan fingerprint density at radius 3 is 2.67 bits per heavy atom. The second-order valence-electron chi connectivity index (χ2n) is 4.73. The van der Waals surface area contributed by atoms with Crippen molar-refractivity contribution in [2.45, 2.75) is 37.8 Å². The van der Waals surface area contributed by atoms with E-state index in [4.69, 9.17) is 0 Å². The molecule has 1 heterocycles. The summed E-state index contributed by atoms with van der Waals surface area (Å²) >= 11 is 0. The van der Waals surface area contributed by atoms with Crippen molar-refractivity contribution < 1.29 is 5.11 Å². The van der Waals surface area contributed by atoms with E-state index in [1.165, 1.54) is 0 Å². The molecule has 1 aromatic carbocycles. The topological polar surface area (TPSA) is 63.8 Å². The third-order valence-electron chi connectivity index (χ3n) is 3.53. The number of aromatic nitrogens is 4. The molecule has 1 aliphatic carbocycles. The summed E-state index contributed by atoms with van der Waals surface area (Å²) in [7, 11) is 0. The van der Waals surface area contributed by atoms with Gasteiger partial charge in [0.25, 0.3) is 0 Å². The highest BCUT2D eigenvalue weighted by Crippen LogP contribution is 2.30. The molecule has 0 amide bonds. The molecule has 94 valence electrons. The van der Waals surface area contributed by atoms with Crippen LogP contribution in [0, 0.1) is 0 Å². The number of benzene rings is 1. The minimum Gasteiger partial charge on any atom is -0.391 e. The summed E-state index contributed by atoms with van der Waals surface area (Å²) in [6.45, 7) is 0. The lowest BCUT2D eigenvalue weighted by Crippen LogP contribution is -2.28. The van der Waals surface area contributed by atoms with Crippen molar-refractivity contribution in [2.24, 2.45) is 0 Å². The van der Waals surface area contributed by atoms with Crippen LogP contribution in [0.5, 0.6) is 0 Å². The summed E-state index contributed by atoms with van der Waals surface area (Å²) in [4.78, 5) is 0. The van der Waals surface area contributed by atoms with Crippen LogP contribution in [0.2, 0.25) is 0 Å². The number of nitrogens with zero attached hydrogens (tertiary/aromatic N) is 4. The molecule has 1 aliphatic rings. The van der Waals surface area contributed by atoms with Crippen LogP contribution in [-0.2, 0) is 0 Å². The van der Waals surface area contributed by atoms with Gasteiger partial charge in [-0.15, -0.1) is 5.10 Å². The molecule has 1 N–H and O–H groups in total. The molecule has 5 nitrogen and oxygen atoms in total. The van der Waals surface area contributed by atoms with Gasteiger partial charge in [-0.05, 0) is 23.3 Å². The minimum atomic E-state index is -0.343. The fourth-order valence-corrected chi connectivity index (χ4v) is 2.57. The van der Waals surface area contributed by atoms with E-state index in [-0.39, 0.29) is 12.1 Å². The molecule has 2 unspecified atom stereocenters. The van der Waals surface area contributed by atoms with Gasteiger partial charge in [0.05, 0.1) is 12.1 Å². The number of rotatable bonds is 2. The van der Waals surface area contributed by atoms with E-state index in [9.17, 15) is 5.11 Å². The standard InChI is InChI=1S/C13H16N4O/c18-12-9-5-4-8-11(12)17-13(14-15-16-17)10-6-2-1-3-7-10/h1-3,6-7,11-12,18H,4-5,8-9H2. The van der Waals surface area contributed by atoms with Gasteiger partial charge in [0, 0.05) is 5.56 Å². The van der Waals surface area contributed by atoms with E-state index >= 15 is 0 Å². The lowest BCUT2D eigenvalue weighted by molar-refractivity contribution is 0.0693. The molecule has 0 bridgehead atoms. The van der Waals surface area contributed by atoms with Crippen molar-refractivity contribution in [2.75, 3.05) is 0 Å². The Balaban J connectivity index is 1.96. The SMILES string of the molecule is OC1CCCCC1n1nnnc1-c1ccccc1. The zero-order chi connectivity index (χ0) is 12.4. The van der Waals surface area contributed by atoms with Gasteiger partial charge in [0.1, 0.15) is 0 Å².